The molecule has 1 N–H and O–H groups in total. The molecular weight excluding hydrogens is 418 g/mol. The summed E-state index contributed by atoms with van der Waals surface area (Å²) >= 11 is 0. The number of alkyl halides is 6. The summed E-state index contributed by atoms with van der Waals surface area (Å²) in [6, 6.07) is 4.56. The Balaban J connectivity index is 1.71. The van der Waals surface area contributed by atoms with Crippen LogP contribution in [0.15, 0.2) is 30.5 Å². The van der Waals surface area contributed by atoms with Gasteiger partial charge in [0.15, 0.2) is 5.69 Å². The average Bonchev–Trinajstić information content (AvgIpc) is 3.19. The molecule has 0 radical (unpaired) electrons. The third kappa shape index (κ3) is 5.51. The van der Waals surface area contributed by atoms with Gasteiger partial charge >= 0.3 is 12.5 Å². The number of amides is 1. The fraction of sp³-hybridized carbons (Fsp3) is 0.389. The molecule has 0 bridgehead atoms. The summed E-state index contributed by atoms with van der Waals surface area (Å²) in [6.07, 6.45) is -7.23. The minimum absolute atomic E-state index is 0.0865. The molecule has 3 rings (SSSR count). The third-order valence-electron chi connectivity index (χ3n) is 4.29. The SMILES string of the molecule is O=C(NCc1ccc(OC(F)(F)F)cc1)c1cnc(N2CCCC2)nc1C(F)(F)F. The number of ether oxygens (including phenoxy) is 1. The molecule has 6 nitrogen and oxygen atoms in total. The van der Waals surface area contributed by atoms with Gasteiger partial charge in [0.1, 0.15) is 5.75 Å². The lowest BCUT2D eigenvalue weighted by Gasteiger charge is -2.18. The number of rotatable bonds is 5. The number of aromatic nitrogens is 2. The van der Waals surface area contributed by atoms with Crippen molar-refractivity contribution in [1.82, 2.24) is 15.3 Å². The van der Waals surface area contributed by atoms with E-state index in [1.807, 2.05) is 0 Å². The summed E-state index contributed by atoms with van der Waals surface area (Å²) in [5.74, 6) is -1.59. The zero-order valence-electron chi connectivity index (χ0n) is 15.3. The Morgan fingerprint density at radius 3 is 2.27 bits per heavy atom. The summed E-state index contributed by atoms with van der Waals surface area (Å²) in [6.45, 7) is 0.865. The molecule has 1 fully saturated rings. The Morgan fingerprint density at radius 2 is 1.70 bits per heavy atom. The maximum absolute atomic E-state index is 13.4. The largest absolute Gasteiger partial charge is 0.573 e. The van der Waals surface area contributed by atoms with Crippen molar-refractivity contribution in [2.75, 3.05) is 18.0 Å². The maximum atomic E-state index is 13.4. The van der Waals surface area contributed by atoms with Crippen LogP contribution in [0, 0.1) is 0 Å². The van der Waals surface area contributed by atoms with Crippen LogP contribution in [0.3, 0.4) is 0 Å². The fourth-order valence-corrected chi connectivity index (χ4v) is 2.91. The van der Waals surface area contributed by atoms with Crippen molar-refractivity contribution < 1.29 is 35.9 Å². The molecule has 0 saturated carbocycles. The monoisotopic (exact) mass is 434 g/mol. The van der Waals surface area contributed by atoms with Gasteiger partial charge in [0.25, 0.3) is 5.91 Å². The van der Waals surface area contributed by atoms with Crippen LogP contribution in [-0.2, 0) is 12.7 Å². The van der Waals surface area contributed by atoms with Crippen LogP contribution < -0.4 is 15.0 Å². The number of nitrogens with one attached hydrogen (secondary N) is 1. The van der Waals surface area contributed by atoms with Crippen LogP contribution in [-0.4, -0.2) is 35.3 Å². The predicted octanol–water partition coefficient (Wildman–Crippen LogP) is 3.92. The van der Waals surface area contributed by atoms with Gasteiger partial charge in [0.2, 0.25) is 5.95 Å². The molecule has 1 aliphatic rings. The smallest absolute Gasteiger partial charge is 0.406 e. The van der Waals surface area contributed by atoms with Crippen molar-refractivity contribution in [3.05, 3.63) is 47.3 Å². The topological polar surface area (TPSA) is 67.3 Å². The molecular formula is C18H16F6N4O2. The lowest BCUT2D eigenvalue weighted by molar-refractivity contribution is -0.274. The van der Waals surface area contributed by atoms with Crippen LogP contribution >= 0.6 is 0 Å². The number of carbonyl (C=O) groups excluding carboxylic acids is 1. The van der Waals surface area contributed by atoms with E-state index in [1.165, 1.54) is 12.1 Å². The summed E-state index contributed by atoms with van der Waals surface area (Å²) in [7, 11) is 0. The highest BCUT2D eigenvalue weighted by Gasteiger charge is 2.38. The highest BCUT2D eigenvalue weighted by atomic mass is 19.4. The third-order valence-corrected chi connectivity index (χ3v) is 4.29. The molecule has 162 valence electrons. The van der Waals surface area contributed by atoms with E-state index in [0.29, 0.717) is 18.7 Å². The first-order valence-corrected chi connectivity index (χ1v) is 8.85. The minimum atomic E-state index is -4.86. The molecule has 1 aliphatic heterocycles. The van der Waals surface area contributed by atoms with Gasteiger partial charge in [-0.1, -0.05) is 12.1 Å². The van der Waals surface area contributed by atoms with E-state index in [0.717, 1.165) is 31.2 Å². The summed E-state index contributed by atoms with van der Waals surface area (Å²) in [5, 5.41) is 2.29. The lowest BCUT2D eigenvalue weighted by atomic mass is 10.2. The van der Waals surface area contributed by atoms with E-state index in [4.69, 9.17) is 0 Å². The van der Waals surface area contributed by atoms with E-state index in [9.17, 15) is 31.1 Å². The normalized spacial score (nSPS) is 14.7. The highest BCUT2D eigenvalue weighted by molar-refractivity contribution is 5.95. The molecule has 1 aromatic heterocycles. The van der Waals surface area contributed by atoms with Crippen molar-refractivity contribution in [2.24, 2.45) is 0 Å². The molecule has 0 atom stereocenters. The van der Waals surface area contributed by atoms with Crippen molar-refractivity contribution >= 4 is 11.9 Å². The standard InChI is InChI=1S/C18H16F6N4O2/c19-17(20,21)14-13(10-26-16(27-14)28-7-1-2-8-28)15(29)25-9-11-3-5-12(6-4-11)30-18(22,23)24/h3-6,10H,1-2,7-9H2,(H,25,29). The van der Waals surface area contributed by atoms with E-state index >= 15 is 0 Å². The van der Waals surface area contributed by atoms with Gasteiger partial charge in [-0.2, -0.15) is 13.2 Å². The highest BCUT2D eigenvalue weighted by Crippen LogP contribution is 2.32. The van der Waals surface area contributed by atoms with Crippen LogP contribution in [0.5, 0.6) is 5.75 Å². The summed E-state index contributed by atoms with van der Waals surface area (Å²) in [4.78, 5) is 21.3. The van der Waals surface area contributed by atoms with Crippen molar-refractivity contribution in [2.45, 2.75) is 31.9 Å². The van der Waals surface area contributed by atoms with Crippen LogP contribution in [0.4, 0.5) is 32.3 Å². The average molecular weight is 434 g/mol. The molecule has 12 heteroatoms. The van der Waals surface area contributed by atoms with Crippen molar-refractivity contribution in [3.8, 4) is 5.75 Å². The summed E-state index contributed by atoms with van der Waals surface area (Å²) in [5.41, 5.74) is -1.71. The number of carbonyl (C=O) groups is 1. The zero-order valence-corrected chi connectivity index (χ0v) is 15.3. The summed E-state index contributed by atoms with van der Waals surface area (Å²) < 4.78 is 80.5. The number of hydrogen-bond acceptors (Lipinski definition) is 5. The Hall–Kier alpha value is -3.05. The van der Waals surface area contributed by atoms with Crippen LogP contribution in [0.25, 0.3) is 0 Å². The second kappa shape index (κ2) is 8.36. The molecule has 2 heterocycles. The minimum Gasteiger partial charge on any atom is -0.406 e. The van der Waals surface area contributed by atoms with E-state index in [2.05, 4.69) is 20.0 Å². The second-order valence-corrected chi connectivity index (χ2v) is 6.50. The fourth-order valence-electron chi connectivity index (χ4n) is 2.91. The van der Waals surface area contributed by atoms with Gasteiger partial charge in [-0.15, -0.1) is 13.2 Å². The molecule has 0 unspecified atom stereocenters. The molecule has 1 saturated heterocycles. The molecule has 1 amide bonds. The van der Waals surface area contributed by atoms with E-state index < -0.39 is 35.5 Å². The number of benzene rings is 1. The first-order valence-electron chi connectivity index (χ1n) is 8.85. The number of hydrogen-bond donors (Lipinski definition) is 1. The number of halogens is 6. The molecule has 0 spiro atoms. The van der Waals surface area contributed by atoms with Gasteiger partial charge in [0.05, 0.1) is 5.56 Å². The van der Waals surface area contributed by atoms with Gasteiger partial charge in [0, 0.05) is 25.8 Å². The first-order chi connectivity index (χ1) is 14.0. The quantitative estimate of drug-likeness (QED) is 0.723. The first kappa shape index (κ1) is 21.7. The van der Waals surface area contributed by atoms with Gasteiger partial charge in [-0.05, 0) is 30.5 Å². The zero-order chi connectivity index (χ0) is 21.9. The number of anilines is 1. The Bertz CT molecular complexity index is 893. The lowest BCUT2D eigenvalue weighted by Crippen LogP contribution is -2.29. The Labute approximate surface area is 166 Å². The molecule has 1 aromatic carbocycles. The maximum Gasteiger partial charge on any atom is 0.573 e. The second-order valence-electron chi connectivity index (χ2n) is 6.50. The molecule has 2 aromatic rings. The van der Waals surface area contributed by atoms with Crippen LogP contribution in [0.1, 0.15) is 34.5 Å². The Kier molecular flexibility index (Phi) is 6.04. The van der Waals surface area contributed by atoms with Gasteiger partial charge < -0.3 is 15.0 Å². The van der Waals surface area contributed by atoms with Crippen LogP contribution in [0.2, 0.25) is 0 Å². The molecule has 0 aliphatic carbocycles. The number of nitrogens with zero attached hydrogens (tertiary/aromatic N) is 3. The molecule has 30 heavy (non-hydrogen) atoms. The van der Waals surface area contributed by atoms with Gasteiger partial charge in [-0.3, -0.25) is 4.79 Å². The predicted molar refractivity (Wildman–Crippen MR) is 92.8 cm³/mol. The van der Waals surface area contributed by atoms with E-state index in [1.54, 1.807) is 4.90 Å². The van der Waals surface area contributed by atoms with Gasteiger partial charge in [-0.25, -0.2) is 9.97 Å². The Morgan fingerprint density at radius 1 is 1.07 bits per heavy atom. The van der Waals surface area contributed by atoms with Crippen molar-refractivity contribution in [1.29, 1.82) is 0 Å². The van der Waals surface area contributed by atoms with E-state index in [-0.39, 0.29) is 12.5 Å². The van der Waals surface area contributed by atoms with Crippen molar-refractivity contribution in [3.63, 3.8) is 0 Å².